The van der Waals surface area contributed by atoms with Crippen molar-refractivity contribution in [3.63, 3.8) is 0 Å². The zero-order chi connectivity index (χ0) is 12.3. The molecule has 4 heteroatoms. The van der Waals surface area contributed by atoms with Crippen molar-refractivity contribution < 1.29 is 19.4 Å². The summed E-state index contributed by atoms with van der Waals surface area (Å²) in [5, 5.41) is 9.29. The lowest BCUT2D eigenvalue weighted by Crippen LogP contribution is -2.35. The Hall–Kier alpha value is -1.68. The van der Waals surface area contributed by atoms with E-state index < -0.39 is 18.2 Å². The Balaban J connectivity index is 1.98. The third-order valence-corrected chi connectivity index (χ3v) is 2.82. The molecule has 2 rings (SSSR count). The molecule has 0 bridgehead atoms. The maximum Gasteiger partial charge on any atom is 0.338 e. The first kappa shape index (κ1) is 11.8. The molecule has 1 fully saturated rings. The quantitative estimate of drug-likeness (QED) is 0.784. The van der Waals surface area contributed by atoms with Crippen molar-refractivity contribution in [3.8, 4) is 0 Å². The fourth-order valence-corrected chi connectivity index (χ4v) is 1.87. The van der Waals surface area contributed by atoms with Gasteiger partial charge in [-0.1, -0.05) is 18.2 Å². The molecule has 90 valence electrons. The molecule has 0 aliphatic heterocycles. The average Bonchev–Trinajstić information content (AvgIpc) is 2.34. The molecule has 1 N–H and O–H groups in total. The predicted molar refractivity (Wildman–Crippen MR) is 60.5 cm³/mol. The van der Waals surface area contributed by atoms with E-state index in [1.165, 1.54) is 0 Å². The van der Waals surface area contributed by atoms with Gasteiger partial charge in [0.15, 0.2) is 11.9 Å². The summed E-state index contributed by atoms with van der Waals surface area (Å²) >= 11 is 0. The van der Waals surface area contributed by atoms with Crippen LogP contribution in [0.5, 0.6) is 0 Å². The van der Waals surface area contributed by atoms with Crippen molar-refractivity contribution >= 4 is 11.8 Å². The predicted octanol–water partition coefficient (Wildman–Crippen LogP) is 1.33. The number of rotatable bonds is 2. The number of Topliss-reactive ketones (excluding diaryl/α,β-unsaturated/α-hetero) is 1. The maximum atomic E-state index is 11.7. The van der Waals surface area contributed by atoms with Gasteiger partial charge in [0.1, 0.15) is 0 Å². The van der Waals surface area contributed by atoms with Gasteiger partial charge in [0, 0.05) is 6.42 Å². The Labute approximate surface area is 99.2 Å². The van der Waals surface area contributed by atoms with Gasteiger partial charge in [0.2, 0.25) is 0 Å². The van der Waals surface area contributed by atoms with Crippen LogP contribution in [0.2, 0.25) is 0 Å². The largest absolute Gasteiger partial charge is 0.451 e. The summed E-state index contributed by atoms with van der Waals surface area (Å²) in [6, 6.07) is 8.57. The average molecular weight is 234 g/mol. The van der Waals surface area contributed by atoms with Crippen molar-refractivity contribution in [1.29, 1.82) is 0 Å². The van der Waals surface area contributed by atoms with Crippen molar-refractivity contribution in [2.24, 2.45) is 0 Å². The molecule has 0 amide bonds. The SMILES string of the molecule is O=C(OC1CCC(O)CC1=O)c1ccccc1. The molecular weight excluding hydrogens is 220 g/mol. The highest BCUT2D eigenvalue weighted by Gasteiger charge is 2.30. The normalized spacial score (nSPS) is 24.4. The number of ketones is 1. The minimum Gasteiger partial charge on any atom is -0.451 e. The van der Waals surface area contributed by atoms with E-state index in [1.54, 1.807) is 30.3 Å². The molecule has 1 aliphatic rings. The van der Waals surface area contributed by atoms with E-state index in [1.807, 2.05) is 0 Å². The van der Waals surface area contributed by atoms with Gasteiger partial charge < -0.3 is 9.84 Å². The smallest absolute Gasteiger partial charge is 0.338 e. The van der Waals surface area contributed by atoms with Crippen LogP contribution >= 0.6 is 0 Å². The van der Waals surface area contributed by atoms with Gasteiger partial charge in [0.05, 0.1) is 11.7 Å². The molecule has 2 atom stereocenters. The number of ether oxygens (including phenoxy) is 1. The van der Waals surface area contributed by atoms with Crippen LogP contribution in [0.15, 0.2) is 30.3 Å². The molecule has 0 heterocycles. The van der Waals surface area contributed by atoms with Crippen molar-refractivity contribution in [3.05, 3.63) is 35.9 Å². The Morgan fingerprint density at radius 2 is 1.94 bits per heavy atom. The second-order valence-electron chi connectivity index (χ2n) is 4.16. The molecule has 1 aliphatic carbocycles. The molecule has 2 unspecified atom stereocenters. The third kappa shape index (κ3) is 2.91. The topological polar surface area (TPSA) is 63.6 Å². The summed E-state index contributed by atoms with van der Waals surface area (Å²) in [4.78, 5) is 23.2. The van der Waals surface area contributed by atoms with Gasteiger partial charge in [-0.25, -0.2) is 4.79 Å². The van der Waals surface area contributed by atoms with Crippen LogP contribution in [0, 0.1) is 0 Å². The number of benzene rings is 1. The standard InChI is InChI=1S/C13H14O4/c14-10-6-7-12(11(15)8-10)17-13(16)9-4-2-1-3-5-9/h1-5,10,12,14H,6-8H2. The lowest BCUT2D eigenvalue weighted by atomic mass is 9.94. The Morgan fingerprint density at radius 1 is 1.24 bits per heavy atom. The molecular formula is C13H14O4. The maximum absolute atomic E-state index is 11.7. The molecule has 1 aromatic carbocycles. The third-order valence-electron chi connectivity index (χ3n) is 2.82. The zero-order valence-electron chi connectivity index (χ0n) is 9.33. The highest BCUT2D eigenvalue weighted by atomic mass is 16.5. The summed E-state index contributed by atoms with van der Waals surface area (Å²) in [7, 11) is 0. The molecule has 0 saturated heterocycles. The van der Waals surface area contributed by atoms with Gasteiger partial charge in [-0.2, -0.15) is 0 Å². The van der Waals surface area contributed by atoms with Crippen molar-refractivity contribution in [2.45, 2.75) is 31.5 Å². The number of aliphatic hydroxyl groups excluding tert-OH is 1. The molecule has 0 radical (unpaired) electrons. The summed E-state index contributed by atoms with van der Waals surface area (Å²) in [5.74, 6) is -0.687. The number of hydrogen-bond donors (Lipinski definition) is 1. The molecule has 1 aromatic rings. The van der Waals surface area contributed by atoms with E-state index in [9.17, 15) is 14.7 Å². The highest BCUT2D eigenvalue weighted by molar-refractivity contribution is 5.93. The van der Waals surface area contributed by atoms with Crippen molar-refractivity contribution in [1.82, 2.24) is 0 Å². The van der Waals surface area contributed by atoms with E-state index in [0.29, 0.717) is 18.4 Å². The van der Waals surface area contributed by atoms with Crippen LogP contribution in [0.3, 0.4) is 0 Å². The van der Waals surface area contributed by atoms with Crippen molar-refractivity contribution in [2.75, 3.05) is 0 Å². The highest BCUT2D eigenvalue weighted by Crippen LogP contribution is 2.19. The first-order chi connectivity index (χ1) is 8.16. The number of aliphatic hydroxyl groups is 1. The van der Waals surface area contributed by atoms with E-state index in [-0.39, 0.29) is 12.2 Å². The monoisotopic (exact) mass is 234 g/mol. The fourth-order valence-electron chi connectivity index (χ4n) is 1.87. The number of carbonyl (C=O) groups excluding carboxylic acids is 2. The van der Waals surface area contributed by atoms with E-state index in [4.69, 9.17) is 4.74 Å². The molecule has 17 heavy (non-hydrogen) atoms. The number of esters is 1. The Bertz CT molecular complexity index is 413. The van der Waals surface area contributed by atoms with E-state index >= 15 is 0 Å². The summed E-state index contributed by atoms with van der Waals surface area (Å²) in [6.07, 6.45) is -0.315. The van der Waals surface area contributed by atoms with Crippen LogP contribution < -0.4 is 0 Å². The van der Waals surface area contributed by atoms with Gasteiger partial charge in [-0.3, -0.25) is 4.79 Å². The van der Waals surface area contributed by atoms with Crippen LogP contribution in [-0.4, -0.2) is 29.1 Å². The van der Waals surface area contributed by atoms with Crippen LogP contribution in [0.1, 0.15) is 29.6 Å². The van der Waals surface area contributed by atoms with E-state index in [2.05, 4.69) is 0 Å². The van der Waals surface area contributed by atoms with Gasteiger partial charge >= 0.3 is 5.97 Å². The lowest BCUT2D eigenvalue weighted by Gasteiger charge is -2.24. The minimum atomic E-state index is -0.703. The van der Waals surface area contributed by atoms with Crippen LogP contribution in [0.25, 0.3) is 0 Å². The van der Waals surface area contributed by atoms with Crippen LogP contribution in [-0.2, 0) is 9.53 Å². The van der Waals surface area contributed by atoms with Crippen LogP contribution in [0.4, 0.5) is 0 Å². The Kier molecular flexibility index (Phi) is 3.54. The van der Waals surface area contributed by atoms with Gasteiger partial charge in [-0.05, 0) is 25.0 Å². The Morgan fingerprint density at radius 3 is 2.59 bits per heavy atom. The van der Waals surface area contributed by atoms with Gasteiger partial charge in [0.25, 0.3) is 0 Å². The lowest BCUT2D eigenvalue weighted by molar-refractivity contribution is -0.133. The molecule has 0 aromatic heterocycles. The second-order valence-corrected chi connectivity index (χ2v) is 4.16. The van der Waals surface area contributed by atoms with E-state index in [0.717, 1.165) is 0 Å². The zero-order valence-corrected chi connectivity index (χ0v) is 9.33. The summed E-state index contributed by atoms with van der Waals surface area (Å²) < 4.78 is 5.14. The molecule has 0 spiro atoms. The molecule has 4 nitrogen and oxygen atoms in total. The first-order valence-electron chi connectivity index (χ1n) is 5.63. The summed E-state index contributed by atoms with van der Waals surface area (Å²) in [5.41, 5.74) is 0.437. The minimum absolute atomic E-state index is 0.0761. The number of carbonyl (C=O) groups is 2. The summed E-state index contributed by atoms with van der Waals surface area (Å²) in [6.45, 7) is 0. The second kappa shape index (κ2) is 5.10. The first-order valence-corrected chi connectivity index (χ1v) is 5.63. The molecule has 1 saturated carbocycles. The number of hydrogen-bond acceptors (Lipinski definition) is 4. The van der Waals surface area contributed by atoms with Gasteiger partial charge in [-0.15, -0.1) is 0 Å². The fraction of sp³-hybridized carbons (Fsp3) is 0.385.